The van der Waals surface area contributed by atoms with E-state index in [2.05, 4.69) is 10.3 Å². The number of carbonyl (C=O) groups excluding carboxylic acids is 1. The normalized spacial score (nSPS) is 22.0. The van der Waals surface area contributed by atoms with Gasteiger partial charge >= 0.3 is 5.97 Å². The second-order valence-electron chi connectivity index (χ2n) is 4.72. The van der Waals surface area contributed by atoms with Crippen molar-refractivity contribution in [2.75, 3.05) is 31.4 Å². The van der Waals surface area contributed by atoms with Crippen LogP contribution in [0, 0.1) is 0 Å². The summed E-state index contributed by atoms with van der Waals surface area (Å²) in [6, 6.07) is 7.13. The van der Waals surface area contributed by atoms with Gasteiger partial charge < -0.3 is 14.2 Å². The van der Waals surface area contributed by atoms with E-state index in [1.807, 2.05) is 24.3 Å². The summed E-state index contributed by atoms with van der Waals surface area (Å²) in [7, 11) is 0. The Bertz CT molecular complexity index is 526. The van der Waals surface area contributed by atoms with Crippen molar-refractivity contribution in [3.8, 4) is 0 Å². The third-order valence-corrected chi connectivity index (χ3v) is 3.29. The van der Waals surface area contributed by atoms with Crippen molar-refractivity contribution in [1.29, 1.82) is 0 Å². The summed E-state index contributed by atoms with van der Waals surface area (Å²) in [6.45, 7) is 3.76. The Morgan fingerprint density at radius 3 is 2.71 bits per heavy atom. The van der Waals surface area contributed by atoms with Crippen molar-refractivity contribution in [3.63, 3.8) is 0 Å². The van der Waals surface area contributed by atoms with Crippen LogP contribution in [0.2, 0.25) is 0 Å². The number of hydrogen-bond donors (Lipinski definition) is 0. The molecule has 0 radical (unpaired) electrons. The van der Waals surface area contributed by atoms with Gasteiger partial charge in [0.25, 0.3) is 0 Å². The van der Waals surface area contributed by atoms with Crippen LogP contribution in [0.25, 0.3) is 0 Å². The van der Waals surface area contributed by atoms with Gasteiger partial charge in [-0.05, 0) is 19.1 Å². The van der Waals surface area contributed by atoms with Crippen LogP contribution < -0.4 is 5.01 Å². The van der Waals surface area contributed by atoms with E-state index in [4.69, 9.17) is 14.2 Å². The van der Waals surface area contributed by atoms with Crippen LogP contribution in [0.15, 0.2) is 34.6 Å². The number of rotatable bonds is 4. The maximum Gasteiger partial charge on any atom is 0.334 e. The van der Waals surface area contributed by atoms with Crippen LogP contribution in [-0.4, -0.2) is 38.4 Å². The molecule has 2 heterocycles. The summed E-state index contributed by atoms with van der Waals surface area (Å²) in [6.07, 6.45) is -0.286. The third-order valence-electron chi connectivity index (χ3n) is 3.29. The number of benzene rings is 1. The number of anilines is 1. The van der Waals surface area contributed by atoms with Gasteiger partial charge in [-0.2, -0.15) is 5.11 Å². The SMILES string of the molecule is CCOC(=O)C1CN(c2ccc(C3OCCO3)cc2)N=N1. The van der Waals surface area contributed by atoms with Crippen molar-refractivity contribution in [2.24, 2.45) is 10.3 Å². The van der Waals surface area contributed by atoms with E-state index < -0.39 is 6.04 Å². The van der Waals surface area contributed by atoms with Gasteiger partial charge in [-0.1, -0.05) is 17.4 Å². The van der Waals surface area contributed by atoms with Crippen molar-refractivity contribution in [1.82, 2.24) is 0 Å². The minimum Gasteiger partial charge on any atom is -0.464 e. The van der Waals surface area contributed by atoms with Gasteiger partial charge in [0.15, 0.2) is 12.3 Å². The molecule has 0 aliphatic carbocycles. The summed E-state index contributed by atoms with van der Waals surface area (Å²) >= 11 is 0. The second kappa shape index (κ2) is 6.19. The summed E-state index contributed by atoms with van der Waals surface area (Å²) < 4.78 is 15.8. The first-order valence-electron chi connectivity index (χ1n) is 6.96. The lowest BCUT2D eigenvalue weighted by Gasteiger charge is -2.15. The van der Waals surface area contributed by atoms with Crippen LogP contribution >= 0.6 is 0 Å². The predicted octanol–water partition coefficient (Wildman–Crippen LogP) is 1.85. The fourth-order valence-electron chi connectivity index (χ4n) is 2.23. The highest BCUT2D eigenvalue weighted by Crippen LogP contribution is 2.27. The third kappa shape index (κ3) is 3.03. The molecule has 7 heteroatoms. The molecule has 0 aromatic heterocycles. The first-order chi connectivity index (χ1) is 10.3. The van der Waals surface area contributed by atoms with E-state index in [1.54, 1.807) is 11.9 Å². The molecule has 1 saturated heterocycles. The average molecular weight is 291 g/mol. The zero-order valence-corrected chi connectivity index (χ0v) is 11.8. The minimum absolute atomic E-state index is 0.286. The Hall–Kier alpha value is -1.99. The Morgan fingerprint density at radius 1 is 1.33 bits per heavy atom. The lowest BCUT2D eigenvalue weighted by molar-refractivity contribution is -0.144. The van der Waals surface area contributed by atoms with Crippen LogP contribution in [0.1, 0.15) is 18.8 Å². The van der Waals surface area contributed by atoms with Crippen molar-refractivity contribution in [3.05, 3.63) is 29.8 Å². The Morgan fingerprint density at radius 2 is 2.05 bits per heavy atom. The molecule has 0 spiro atoms. The quantitative estimate of drug-likeness (QED) is 0.792. The second-order valence-corrected chi connectivity index (χ2v) is 4.72. The first-order valence-corrected chi connectivity index (χ1v) is 6.96. The molecular formula is C14H17N3O4. The Kier molecular flexibility index (Phi) is 4.12. The largest absolute Gasteiger partial charge is 0.464 e. The van der Waals surface area contributed by atoms with Gasteiger partial charge in [-0.25, -0.2) is 9.80 Å². The first kappa shape index (κ1) is 14.0. The molecule has 0 amide bonds. The van der Waals surface area contributed by atoms with Gasteiger partial charge in [0, 0.05) is 5.56 Å². The predicted molar refractivity (Wildman–Crippen MR) is 73.7 cm³/mol. The Labute approximate surface area is 122 Å². The smallest absolute Gasteiger partial charge is 0.334 e. The number of nitrogens with zero attached hydrogens (tertiary/aromatic N) is 3. The molecule has 0 bridgehead atoms. The maximum atomic E-state index is 11.6. The molecule has 112 valence electrons. The fourth-order valence-corrected chi connectivity index (χ4v) is 2.23. The molecule has 0 saturated carbocycles. The topological polar surface area (TPSA) is 72.7 Å². The van der Waals surface area contributed by atoms with Crippen molar-refractivity contribution < 1.29 is 19.0 Å². The molecule has 2 aliphatic rings. The van der Waals surface area contributed by atoms with Gasteiger partial charge in [0.2, 0.25) is 0 Å². The molecule has 0 N–H and O–H groups in total. The highest BCUT2D eigenvalue weighted by atomic mass is 16.7. The van der Waals surface area contributed by atoms with E-state index in [-0.39, 0.29) is 12.3 Å². The van der Waals surface area contributed by atoms with E-state index in [1.165, 1.54) is 0 Å². The number of hydrogen-bond acceptors (Lipinski definition) is 7. The summed E-state index contributed by atoms with van der Waals surface area (Å²) in [5, 5.41) is 9.63. The van der Waals surface area contributed by atoms with Crippen LogP contribution in [0.3, 0.4) is 0 Å². The zero-order valence-electron chi connectivity index (χ0n) is 11.8. The molecule has 21 heavy (non-hydrogen) atoms. The van der Waals surface area contributed by atoms with E-state index >= 15 is 0 Å². The average Bonchev–Trinajstić information content (AvgIpc) is 3.19. The molecule has 2 aliphatic heterocycles. The lowest BCUT2D eigenvalue weighted by atomic mass is 10.2. The lowest BCUT2D eigenvalue weighted by Crippen LogP contribution is -2.28. The van der Waals surface area contributed by atoms with Gasteiger partial charge in [-0.15, -0.1) is 0 Å². The van der Waals surface area contributed by atoms with Gasteiger partial charge in [-0.3, -0.25) is 0 Å². The molecular weight excluding hydrogens is 274 g/mol. The molecule has 7 nitrogen and oxygen atoms in total. The number of carbonyl (C=O) groups is 1. The highest BCUT2D eigenvalue weighted by molar-refractivity contribution is 5.77. The molecule has 1 fully saturated rings. The maximum absolute atomic E-state index is 11.6. The summed E-state index contributed by atoms with van der Waals surface area (Å²) in [5.41, 5.74) is 1.83. The van der Waals surface area contributed by atoms with Crippen molar-refractivity contribution >= 4 is 11.7 Å². The fraction of sp³-hybridized carbons (Fsp3) is 0.500. The highest BCUT2D eigenvalue weighted by Gasteiger charge is 2.28. The standard InChI is InChI=1S/C14H17N3O4/c1-2-19-13(18)12-9-17(16-15-12)11-5-3-10(4-6-11)14-20-7-8-21-14/h3-6,12,14H,2,7-9H2,1H3. The van der Waals surface area contributed by atoms with Crippen LogP contribution in [0.5, 0.6) is 0 Å². The summed E-state index contributed by atoms with van der Waals surface area (Å²) in [4.78, 5) is 11.6. The van der Waals surface area contributed by atoms with Gasteiger partial charge in [0.1, 0.15) is 0 Å². The number of esters is 1. The molecule has 1 aromatic carbocycles. The van der Waals surface area contributed by atoms with Crippen molar-refractivity contribution in [2.45, 2.75) is 19.3 Å². The van der Waals surface area contributed by atoms with Gasteiger partial charge in [0.05, 0.1) is 32.1 Å². The van der Waals surface area contributed by atoms with Crippen LogP contribution in [0.4, 0.5) is 5.69 Å². The summed E-state index contributed by atoms with van der Waals surface area (Å²) in [5.74, 6) is -0.340. The molecule has 1 atom stereocenters. The molecule has 3 rings (SSSR count). The zero-order chi connectivity index (χ0) is 14.7. The molecule has 1 aromatic rings. The van der Waals surface area contributed by atoms with E-state index in [0.29, 0.717) is 26.4 Å². The molecule has 1 unspecified atom stereocenters. The van der Waals surface area contributed by atoms with E-state index in [0.717, 1.165) is 11.3 Å². The van der Waals surface area contributed by atoms with E-state index in [9.17, 15) is 4.79 Å². The minimum atomic E-state index is -0.550. The van der Waals surface area contributed by atoms with Crippen LogP contribution in [-0.2, 0) is 19.0 Å². The monoisotopic (exact) mass is 291 g/mol. The Balaban J connectivity index is 1.63. The number of ether oxygens (including phenoxy) is 3.